The van der Waals surface area contributed by atoms with E-state index in [-0.39, 0.29) is 29.2 Å². The number of amides is 3. The first kappa shape index (κ1) is 38.3. The number of hydrogen-bond donors (Lipinski definition) is 2. The minimum atomic E-state index is -0.371. The van der Waals surface area contributed by atoms with Crippen molar-refractivity contribution < 1.29 is 14.4 Å². The number of imide groups is 1. The summed E-state index contributed by atoms with van der Waals surface area (Å²) in [7, 11) is 0. The van der Waals surface area contributed by atoms with Crippen molar-refractivity contribution in [3.8, 4) is 6.07 Å². The van der Waals surface area contributed by atoms with E-state index < -0.39 is 0 Å². The maximum Gasteiger partial charge on any atom is 0.253 e. The van der Waals surface area contributed by atoms with Crippen LogP contribution >= 0.6 is 11.6 Å². The molecule has 56 heavy (non-hydrogen) atoms. The van der Waals surface area contributed by atoms with Gasteiger partial charge in [-0.15, -0.1) is 0 Å². The number of nitriles is 1. The molecule has 1 spiro atoms. The molecule has 0 radical (unpaired) electrons. The lowest BCUT2D eigenvalue weighted by Gasteiger charge is -2.40. The van der Waals surface area contributed by atoms with Crippen LogP contribution in [0.25, 0.3) is 0 Å². The van der Waals surface area contributed by atoms with Gasteiger partial charge in [-0.3, -0.25) is 19.7 Å². The van der Waals surface area contributed by atoms with Crippen molar-refractivity contribution in [3.63, 3.8) is 0 Å². The molecule has 2 N–H and O–H groups in total. The molecule has 10 nitrogen and oxygen atoms in total. The van der Waals surface area contributed by atoms with Crippen molar-refractivity contribution in [1.82, 2.24) is 15.1 Å². The van der Waals surface area contributed by atoms with E-state index in [1.165, 1.54) is 11.3 Å². The Morgan fingerprint density at radius 1 is 0.911 bits per heavy atom. The molecule has 3 aromatic carbocycles. The molecule has 5 heterocycles. The predicted octanol–water partition coefficient (Wildman–Crippen LogP) is 7.05. The molecule has 11 heteroatoms. The second kappa shape index (κ2) is 16.5. The van der Waals surface area contributed by atoms with E-state index in [4.69, 9.17) is 11.6 Å². The lowest BCUT2D eigenvalue weighted by molar-refractivity contribution is -0.133. The first-order valence-electron chi connectivity index (χ1n) is 20.7. The summed E-state index contributed by atoms with van der Waals surface area (Å²) >= 11 is 6.38. The van der Waals surface area contributed by atoms with E-state index in [1.807, 2.05) is 41.3 Å². The topological polar surface area (TPSA) is 112 Å². The van der Waals surface area contributed by atoms with Crippen molar-refractivity contribution in [1.29, 1.82) is 5.26 Å². The van der Waals surface area contributed by atoms with Crippen LogP contribution in [0.2, 0.25) is 5.02 Å². The number of carbonyl (C=O) groups excluding carboxylic acids is 3. The summed E-state index contributed by atoms with van der Waals surface area (Å²) in [4.78, 5) is 46.9. The van der Waals surface area contributed by atoms with Gasteiger partial charge in [0.2, 0.25) is 11.8 Å². The monoisotopic (exact) mass is 775 g/mol. The highest BCUT2D eigenvalue weighted by Gasteiger charge is 2.44. The van der Waals surface area contributed by atoms with Gasteiger partial charge in [0.15, 0.2) is 0 Å². The van der Waals surface area contributed by atoms with Crippen LogP contribution in [0.1, 0.15) is 92.1 Å². The van der Waals surface area contributed by atoms with Crippen LogP contribution in [0.15, 0.2) is 66.7 Å². The van der Waals surface area contributed by atoms with Gasteiger partial charge >= 0.3 is 0 Å². The fraction of sp³-hybridized carbons (Fsp3) is 0.511. The predicted molar refractivity (Wildman–Crippen MR) is 221 cm³/mol. The van der Waals surface area contributed by atoms with Gasteiger partial charge in [0.1, 0.15) is 12.1 Å². The lowest BCUT2D eigenvalue weighted by atomic mass is 9.76. The highest BCUT2D eigenvalue weighted by atomic mass is 35.5. The molecule has 3 aromatic rings. The van der Waals surface area contributed by atoms with E-state index in [0.29, 0.717) is 41.3 Å². The molecule has 0 aliphatic carbocycles. The number of benzene rings is 3. The minimum absolute atomic E-state index is 0.144. The van der Waals surface area contributed by atoms with Crippen molar-refractivity contribution >= 4 is 46.4 Å². The summed E-state index contributed by atoms with van der Waals surface area (Å²) in [5.41, 5.74) is 6.12. The normalized spacial score (nSPS) is 23.6. The fourth-order valence-electron chi connectivity index (χ4n) is 10.1. The Morgan fingerprint density at radius 2 is 1.64 bits per heavy atom. The number of nitrogens with zero attached hydrogens (tertiary/aromatic N) is 5. The van der Waals surface area contributed by atoms with Crippen molar-refractivity contribution in [2.45, 2.75) is 82.7 Å². The third-order valence-corrected chi connectivity index (χ3v) is 13.7. The molecule has 294 valence electrons. The Kier molecular flexibility index (Phi) is 11.3. The SMILES string of the molecule is C[C@H]1CC2(CCN(c3ccc(C(=O)N4CCC(CN5CCC(c6cccc(NC7CCC(=O)NC7=O)c6)CC5)CC4)cc3)CC2)CN1c1ccc(C#N)c(Cl)c1. The van der Waals surface area contributed by atoms with Crippen LogP contribution < -0.4 is 20.4 Å². The van der Waals surface area contributed by atoms with E-state index in [1.54, 1.807) is 0 Å². The third-order valence-electron chi connectivity index (χ3n) is 13.4. The number of nitrogens with one attached hydrogen (secondary N) is 2. The number of likely N-dealkylation sites (tertiary alicyclic amines) is 2. The summed E-state index contributed by atoms with van der Waals surface area (Å²) < 4.78 is 0. The molecule has 0 aromatic heterocycles. The lowest BCUT2D eigenvalue weighted by Crippen LogP contribution is -2.47. The second-order valence-corrected chi connectivity index (χ2v) is 17.5. The number of hydrogen-bond acceptors (Lipinski definition) is 8. The Bertz CT molecular complexity index is 1960. The van der Waals surface area contributed by atoms with Gasteiger partial charge in [-0.05, 0) is 149 Å². The van der Waals surface area contributed by atoms with Crippen LogP contribution in [0.5, 0.6) is 0 Å². The number of halogens is 1. The molecule has 5 saturated heterocycles. The van der Waals surface area contributed by atoms with Gasteiger partial charge in [-0.1, -0.05) is 23.7 Å². The standard InChI is InChI=1S/C45H54ClN7O3/c1-31-27-45(30-53(31)39-10-7-36(28-47)40(46)26-39)17-23-51(24-18-45)38-8-5-34(6-9-38)44(56)52-21-13-32(14-22-52)29-50-19-15-33(16-20-50)35-3-2-4-37(25-35)48-41-11-12-42(54)49-43(41)55/h2-10,25-26,31-33,41,48H,11-24,27,29-30H2,1H3,(H,49,54,55)/t31-,41?/m0/s1. The zero-order chi connectivity index (χ0) is 38.8. The zero-order valence-corrected chi connectivity index (χ0v) is 33.3. The van der Waals surface area contributed by atoms with Crippen LogP contribution in [0.3, 0.4) is 0 Å². The molecule has 3 amide bonds. The van der Waals surface area contributed by atoms with E-state index >= 15 is 0 Å². The molecule has 5 aliphatic heterocycles. The average Bonchev–Trinajstić information content (AvgIpc) is 3.54. The van der Waals surface area contributed by atoms with Gasteiger partial charge in [-0.2, -0.15) is 5.26 Å². The first-order valence-corrected chi connectivity index (χ1v) is 21.1. The van der Waals surface area contributed by atoms with Gasteiger partial charge in [-0.25, -0.2) is 0 Å². The maximum absolute atomic E-state index is 13.6. The number of carbonyl (C=O) groups is 3. The van der Waals surface area contributed by atoms with Gasteiger partial charge in [0, 0.05) is 74.4 Å². The van der Waals surface area contributed by atoms with Crippen LogP contribution in [0.4, 0.5) is 17.1 Å². The molecule has 8 rings (SSSR count). The first-order chi connectivity index (χ1) is 27.1. The summed E-state index contributed by atoms with van der Waals surface area (Å²) in [5.74, 6) is 0.811. The smallest absolute Gasteiger partial charge is 0.253 e. The summed E-state index contributed by atoms with van der Waals surface area (Å²) in [6.07, 6.45) is 8.62. The molecule has 5 aliphatic rings. The van der Waals surface area contributed by atoms with E-state index in [9.17, 15) is 19.6 Å². The molecule has 0 bridgehead atoms. The molecule has 1 unspecified atom stereocenters. The molecule has 5 fully saturated rings. The summed E-state index contributed by atoms with van der Waals surface area (Å²) in [6.45, 7) is 10.2. The Labute approximate surface area is 336 Å². The zero-order valence-electron chi connectivity index (χ0n) is 32.5. The summed E-state index contributed by atoms with van der Waals surface area (Å²) in [6, 6.07) is 24.8. The largest absolute Gasteiger partial charge is 0.374 e. The Balaban J connectivity index is 0.762. The van der Waals surface area contributed by atoms with Gasteiger partial charge in [0.25, 0.3) is 5.91 Å². The molecule has 2 atom stereocenters. The Hall–Kier alpha value is -4.59. The summed E-state index contributed by atoms with van der Waals surface area (Å²) in [5, 5.41) is 15.6. The fourth-order valence-corrected chi connectivity index (χ4v) is 10.3. The number of rotatable bonds is 8. The van der Waals surface area contributed by atoms with Crippen LogP contribution in [0, 0.1) is 22.7 Å². The molecular weight excluding hydrogens is 722 g/mol. The average molecular weight is 776 g/mol. The quantitative estimate of drug-likeness (QED) is 0.235. The van der Waals surface area contributed by atoms with E-state index in [0.717, 1.165) is 114 Å². The van der Waals surface area contributed by atoms with Crippen molar-refractivity contribution in [3.05, 3.63) is 88.4 Å². The van der Waals surface area contributed by atoms with Gasteiger partial charge in [0.05, 0.1) is 10.6 Å². The highest BCUT2D eigenvalue weighted by molar-refractivity contribution is 6.32. The molecular formula is C45H54ClN7O3. The van der Waals surface area contributed by atoms with Crippen molar-refractivity contribution in [2.75, 3.05) is 67.5 Å². The number of piperidine rings is 4. The second-order valence-electron chi connectivity index (χ2n) is 17.1. The highest BCUT2D eigenvalue weighted by Crippen LogP contribution is 2.46. The Morgan fingerprint density at radius 3 is 2.34 bits per heavy atom. The van der Waals surface area contributed by atoms with E-state index in [2.05, 4.69) is 68.7 Å². The molecule has 0 saturated carbocycles. The van der Waals surface area contributed by atoms with Crippen molar-refractivity contribution in [2.24, 2.45) is 11.3 Å². The minimum Gasteiger partial charge on any atom is -0.374 e. The number of anilines is 3. The maximum atomic E-state index is 13.6. The van der Waals surface area contributed by atoms with Crippen LogP contribution in [-0.2, 0) is 9.59 Å². The van der Waals surface area contributed by atoms with Gasteiger partial charge < -0.3 is 24.9 Å². The third kappa shape index (κ3) is 8.40. The van der Waals surface area contributed by atoms with Crippen LogP contribution in [-0.4, -0.2) is 92.0 Å².